The van der Waals surface area contributed by atoms with Crippen LogP contribution >= 0.6 is 15.9 Å². The molecule has 0 saturated heterocycles. The minimum Gasteiger partial charge on any atom is -0.333 e. The van der Waals surface area contributed by atoms with Gasteiger partial charge in [-0.15, -0.1) is 0 Å². The van der Waals surface area contributed by atoms with Gasteiger partial charge in [-0.25, -0.2) is 4.98 Å². The quantitative estimate of drug-likeness (QED) is 0.802. The topological polar surface area (TPSA) is 17.8 Å². The average molecular weight is 251 g/mol. The Bertz CT molecular complexity index is 421. The van der Waals surface area contributed by atoms with Crippen molar-refractivity contribution in [3.8, 4) is 0 Å². The number of rotatable bonds is 2. The molecule has 0 bridgehead atoms. The highest BCUT2D eigenvalue weighted by Crippen LogP contribution is 2.16. The van der Waals surface area contributed by atoms with Crippen LogP contribution in [0.4, 0.5) is 0 Å². The molecule has 0 unspecified atom stereocenters. The Kier molecular flexibility index (Phi) is 2.68. The van der Waals surface area contributed by atoms with Crippen LogP contribution in [0.2, 0.25) is 0 Å². The molecular formula is C11H11BrN2. The molecule has 0 amide bonds. The Labute approximate surface area is 91.7 Å². The van der Waals surface area contributed by atoms with Crippen molar-refractivity contribution in [1.82, 2.24) is 9.55 Å². The van der Waals surface area contributed by atoms with Crippen LogP contribution in [0.25, 0.3) is 0 Å². The fourth-order valence-corrected chi connectivity index (χ4v) is 1.80. The number of halogens is 1. The van der Waals surface area contributed by atoms with E-state index >= 15 is 0 Å². The van der Waals surface area contributed by atoms with Crippen molar-refractivity contribution in [3.63, 3.8) is 0 Å². The van der Waals surface area contributed by atoms with E-state index in [4.69, 9.17) is 0 Å². The third-order valence-electron chi connectivity index (χ3n) is 2.22. The van der Waals surface area contributed by atoms with Gasteiger partial charge in [-0.2, -0.15) is 0 Å². The first-order valence-corrected chi connectivity index (χ1v) is 5.26. The fourth-order valence-electron chi connectivity index (χ4n) is 1.39. The number of hydrogen-bond acceptors (Lipinski definition) is 1. The highest BCUT2D eigenvalue weighted by molar-refractivity contribution is 9.10. The normalized spacial score (nSPS) is 10.4. The molecule has 1 heterocycles. The second-order valence-electron chi connectivity index (χ2n) is 3.31. The zero-order valence-electron chi connectivity index (χ0n) is 7.94. The Morgan fingerprint density at radius 1 is 1.43 bits per heavy atom. The number of hydrogen-bond donors (Lipinski definition) is 0. The standard InChI is InChI=1S/C11H11BrN2/c1-9-2-3-11(12)6-10(9)7-14-5-4-13-8-14/h2-6,8H,7H2,1H3. The summed E-state index contributed by atoms with van der Waals surface area (Å²) in [7, 11) is 0. The highest BCUT2D eigenvalue weighted by Gasteiger charge is 1.99. The highest BCUT2D eigenvalue weighted by atomic mass is 79.9. The molecule has 0 aliphatic rings. The molecule has 1 aromatic heterocycles. The summed E-state index contributed by atoms with van der Waals surface area (Å²) in [4.78, 5) is 4.02. The monoisotopic (exact) mass is 250 g/mol. The minimum absolute atomic E-state index is 0.880. The van der Waals surface area contributed by atoms with Gasteiger partial charge in [-0.05, 0) is 30.2 Å². The third-order valence-corrected chi connectivity index (χ3v) is 2.72. The summed E-state index contributed by atoms with van der Waals surface area (Å²) in [5.41, 5.74) is 2.62. The molecule has 0 N–H and O–H groups in total. The van der Waals surface area contributed by atoms with E-state index in [1.807, 2.05) is 12.5 Å². The van der Waals surface area contributed by atoms with Crippen LogP contribution in [0.5, 0.6) is 0 Å². The minimum atomic E-state index is 0.880. The van der Waals surface area contributed by atoms with Gasteiger partial charge in [0.05, 0.1) is 6.33 Å². The zero-order valence-corrected chi connectivity index (χ0v) is 9.53. The van der Waals surface area contributed by atoms with Crippen molar-refractivity contribution in [2.45, 2.75) is 13.5 Å². The maximum absolute atomic E-state index is 4.02. The van der Waals surface area contributed by atoms with Crippen LogP contribution in [-0.2, 0) is 6.54 Å². The van der Waals surface area contributed by atoms with E-state index in [9.17, 15) is 0 Å². The lowest BCUT2D eigenvalue weighted by molar-refractivity contribution is 0.791. The van der Waals surface area contributed by atoms with E-state index in [1.54, 1.807) is 6.20 Å². The summed E-state index contributed by atoms with van der Waals surface area (Å²) < 4.78 is 3.19. The Morgan fingerprint density at radius 2 is 2.29 bits per heavy atom. The molecule has 0 fully saturated rings. The SMILES string of the molecule is Cc1ccc(Br)cc1Cn1ccnc1. The van der Waals surface area contributed by atoms with Crippen LogP contribution in [0, 0.1) is 6.92 Å². The van der Waals surface area contributed by atoms with Crippen LogP contribution in [-0.4, -0.2) is 9.55 Å². The number of aromatic nitrogens is 2. The first-order valence-electron chi connectivity index (χ1n) is 4.46. The van der Waals surface area contributed by atoms with Crippen molar-refractivity contribution in [1.29, 1.82) is 0 Å². The van der Waals surface area contributed by atoms with Crippen molar-refractivity contribution in [2.24, 2.45) is 0 Å². The van der Waals surface area contributed by atoms with Crippen LogP contribution in [0.3, 0.4) is 0 Å². The van der Waals surface area contributed by atoms with E-state index in [2.05, 4.69) is 50.6 Å². The second-order valence-corrected chi connectivity index (χ2v) is 4.22. The number of nitrogens with zero attached hydrogens (tertiary/aromatic N) is 2. The van der Waals surface area contributed by atoms with Gasteiger partial charge in [-0.1, -0.05) is 22.0 Å². The summed E-state index contributed by atoms with van der Waals surface area (Å²) in [6, 6.07) is 6.33. The van der Waals surface area contributed by atoms with Gasteiger partial charge in [0.15, 0.2) is 0 Å². The number of benzene rings is 1. The maximum Gasteiger partial charge on any atom is 0.0949 e. The molecule has 72 valence electrons. The average Bonchev–Trinajstić information content (AvgIpc) is 2.64. The molecule has 2 rings (SSSR count). The van der Waals surface area contributed by atoms with E-state index < -0.39 is 0 Å². The Morgan fingerprint density at radius 3 is 3.00 bits per heavy atom. The smallest absolute Gasteiger partial charge is 0.0949 e. The second kappa shape index (κ2) is 3.96. The van der Waals surface area contributed by atoms with Crippen LogP contribution < -0.4 is 0 Å². The first kappa shape index (κ1) is 9.46. The van der Waals surface area contributed by atoms with E-state index in [1.165, 1.54) is 11.1 Å². The van der Waals surface area contributed by atoms with E-state index in [0.717, 1.165) is 11.0 Å². The molecule has 3 heteroatoms. The lowest BCUT2D eigenvalue weighted by Crippen LogP contribution is -1.98. The summed E-state index contributed by atoms with van der Waals surface area (Å²) in [6.45, 7) is 3.00. The van der Waals surface area contributed by atoms with Gasteiger partial charge < -0.3 is 4.57 Å². The molecule has 0 atom stereocenters. The van der Waals surface area contributed by atoms with Gasteiger partial charge in [0.2, 0.25) is 0 Å². The van der Waals surface area contributed by atoms with Gasteiger partial charge in [0.1, 0.15) is 0 Å². The summed E-state index contributed by atoms with van der Waals surface area (Å²) >= 11 is 3.48. The molecule has 0 aliphatic carbocycles. The van der Waals surface area contributed by atoms with Crippen molar-refractivity contribution in [3.05, 3.63) is 52.5 Å². The van der Waals surface area contributed by atoms with Crippen molar-refractivity contribution < 1.29 is 0 Å². The molecule has 0 spiro atoms. The first-order chi connectivity index (χ1) is 6.75. The summed E-state index contributed by atoms with van der Waals surface area (Å²) in [5, 5.41) is 0. The number of aryl methyl sites for hydroxylation is 1. The van der Waals surface area contributed by atoms with Crippen molar-refractivity contribution in [2.75, 3.05) is 0 Å². The van der Waals surface area contributed by atoms with Crippen LogP contribution in [0.15, 0.2) is 41.4 Å². The zero-order chi connectivity index (χ0) is 9.97. The Hall–Kier alpha value is -1.09. The molecular weight excluding hydrogens is 240 g/mol. The third kappa shape index (κ3) is 2.04. The molecule has 0 aliphatic heterocycles. The summed E-state index contributed by atoms with van der Waals surface area (Å²) in [6.07, 6.45) is 5.61. The molecule has 2 nitrogen and oxygen atoms in total. The largest absolute Gasteiger partial charge is 0.333 e. The van der Waals surface area contributed by atoms with E-state index in [0.29, 0.717) is 0 Å². The molecule has 1 aromatic carbocycles. The van der Waals surface area contributed by atoms with Gasteiger partial charge in [0.25, 0.3) is 0 Å². The summed E-state index contributed by atoms with van der Waals surface area (Å²) in [5.74, 6) is 0. The molecule has 2 aromatic rings. The predicted molar refractivity (Wildman–Crippen MR) is 60.2 cm³/mol. The lowest BCUT2D eigenvalue weighted by Gasteiger charge is -2.06. The molecule has 0 radical (unpaired) electrons. The van der Waals surface area contributed by atoms with Gasteiger partial charge in [-0.3, -0.25) is 0 Å². The maximum atomic E-state index is 4.02. The van der Waals surface area contributed by atoms with Crippen LogP contribution in [0.1, 0.15) is 11.1 Å². The van der Waals surface area contributed by atoms with Gasteiger partial charge in [0, 0.05) is 23.4 Å². The number of imidazole rings is 1. The molecule has 14 heavy (non-hydrogen) atoms. The molecule has 0 saturated carbocycles. The van der Waals surface area contributed by atoms with Crippen molar-refractivity contribution >= 4 is 15.9 Å². The lowest BCUT2D eigenvalue weighted by atomic mass is 10.1. The predicted octanol–water partition coefficient (Wildman–Crippen LogP) is 3.00. The Balaban J connectivity index is 2.28. The van der Waals surface area contributed by atoms with E-state index in [-0.39, 0.29) is 0 Å². The van der Waals surface area contributed by atoms with Gasteiger partial charge >= 0.3 is 0 Å². The fraction of sp³-hybridized carbons (Fsp3) is 0.182.